The van der Waals surface area contributed by atoms with Crippen molar-refractivity contribution in [2.75, 3.05) is 13.7 Å². The summed E-state index contributed by atoms with van der Waals surface area (Å²) < 4.78 is 5.21. The second-order valence-electron chi connectivity index (χ2n) is 4.97. The van der Waals surface area contributed by atoms with E-state index in [0.29, 0.717) is 11.1 Å². The van der Waals surface area contributed by atoms with Crippen LogP contribution in [0.25, 0.3) is 0 Å². The second kappa shape index (κ2) is 6.44. The average molecular weight is 268 g/mol. The number of ether oxygens (including phenoxy) is 1. The highest BCUT2D eigenvalue weighted by atomic mass is 35.5. The fourth-order valence-corrected chi connectivity index (χ4v) is 3.21. The van der Waals surface area contributed by atoms with E-state index in [1.807, 2.05) is 12.1 Å². The van der Waals surface area contributed by atoms with Gasteiger partial charge in [0.05, 0.1) is 12.1 Å². The number of hydrogen-bond acceptors (Lipinski definition) is 2. The van der Waals surface area contributed by atoms with Crippen LogP contribution >= 0.6 is 11.6 Å². The molecule has 18 heavy (non-hydrogen) atoms. The van der Waals surface area contributed by atoms with Gasteiger partial charge in [-0.25, -0.2) is 0 Å². The van der Waals surface area contributed by atoms with E-state index in [1.54, 1.807) is 7.11 Å². The van der Waals surface area contributed by atoms with Crippen LogP contribution in [0.4, 0.5) is 0 Å². The van der Waals surface area contributed by atoms with Gasteiger partial charge >= 0.3 is 0 Å². The highest BCUT2D eigenvalue weighted by Crippen LogP contribution is 2.37. The van der Waals surface area contributed by atoms with Crippen LogP contribution in [0.15, 0.2) is 18.2 Å². The number of benzene rings is 1. The van der Waals surface area contributed by atoms with Crippen molar-refractivity contribution in [1.29, 1.82) is 0 Å². The zero-order valence-corrected chi connectivity index (χ0v) is 12.0. The molecule has 1 aromatic rings. The minimum Gasteiger partial charge on any atom is -0.495 e. The minimum absolute atomic E-state index is 0.431. The summed E-state index contributed by atoms with van der Waals surface area (Å²) in [4.78, 5) is 0. The molecule has 0 heterocycles. The third kappa shape index (κ3) is 2.99. The van der Waals surface area contributed by atoms with Crippen LogP contribution in [-0.2, 0) is 0 Å². The topological polar surface area (TPSA) is 21.3 Å². The van der Waals surface area contributed by atoms with Crippen molar-refractivity contribution < 1.29 is 4.74 Å². The quantitative estimate of drug-likeness (QED) is 0.864. The van der Waals surface area contributed by atoms with Crippen LogP contribution < -0.4 is 10.1 Å². The predicted octanol–water partition coefficient (Wildman–Crippen LogP) is 4.19. The van der Waals surface area contributed by atoms with Crippen molar-refractivity contribution in [2.45, 2.75) is 38.6 Å². The average Bonchev–Trinajstić information content (AvgIpc) is 2.89. The van der Waals surface area contributed by atoms with E-state index in [1.165, 1.54) is 31.2 Å². The molecular formula is C15H22ClNO. The SMILES string of the molecule is CCNC(c1ccc(OC)c(Cl)c1)C1CCCC1. The molecule has 1 aliphatic rings. The van der Waals surface area contributed by atoms with E-state index >= 15 is 0 Å². The van der Waals surface area contributed by atoms with Gasteiger partial charge in [0.1, 0.15) is 5.75 Å². The molecule has 0 amide bonds. The Balaban J connectivity index is 2.21. The molecule has 1 atom stereocenters. The Hall–Kier alpha value is -0.730. The lowest BCUT2D eigenvalue weighted by Crippen LogP contribution is -2.26. The Bertz CT molecular complexity index is 388. The molecule has 0 saturated heterocycles. The Morgan fingerprint density at radius 3 is 2.67 bits per heavy atom. The van der Waals surface area contributed by atoms with Crippen LogP contribution in [0, 0.1) is 5.92 Å². The van der Waals surface area contributed by atoms with Crippen molar-refractivity contribution in [3.63, 3.8) is 0 Å². The number of nitrogens with one attached hydrogen (secondary N) is 1. The minimum atomic E-state index is 0.431. The van der Waals surface area contributed by atoms with Crippen LogP contribution in [0.2, 0.25) is 5.02 Å². The first-order chi connectivity index (χ1) is 8.76. The zero-order chi connectivity index (χ0) is 13.0. The molecule has 1 fully saturated rings. The molecule has 0 aromatic heterocycles. The number of hydrogen-bond donors (Lipinski definition) is 1. The van der Waals surface area contributed by atoms with Crippen molar-refractivity contribution in [1.82, 2.24) is 5.32 Å². The third-order valence-corrected chi connectivity index (χ3v) is 4.13. The fourth-order valence-electron chi connectivity index (χ4n) is 2.94. The second-order valence-corrected chi connectivity index (χ2v) is 5.38. The normalized spacial score (nSPS) is 17.9. The van der Waals surface area contributed by atoms with E-state index in [4.69, 9.17) is 16.3 Å². The summed E-state index contributed by atoms with van der Waals surface area (Å²) in [7, 11) is 1.65. The van der Waals surface area contributed by atoms with Crippen LogP contribution in [0.3, 0.4) is 0 Å². The van der Waals surface area contributed by atoms with Crippen molar-refractivity contribution >= 4 is 11.6 Å². The fraction of sp³-hybridized carbons (Fsp3) is 0.600. The van der Waals surface area contributed by atoms with Gasteiger partial charge in [0.15, 0.2) is 0 Å². The predicted molar refractivity (Wildman–Crippen MR) is 76.4 cm³/mol. The maximum absolute atomic E-state index is 6.23. The van der Waals surface area contributed by atoms with Crippen LogP contribution in [-0.4, -0.2) is 13.7 Å². The molecule has 3 heteroatoms. The number of halogens is 1. The first-order valence-electron chi connectivity index (χ1n) is 6.83. The lowest BCUT2D eigenvalue weighted by Gasteiger charge is -2.25. The van der Waals surface area contributed by atoms with Gasteiger partial charge in [-0.3, -0.25) is 0 Å². The highest BCUT2D eigenvalue weighted by molar-refractivity contribution is 6.32. The van der Waals surface area contributed by atoms with Gasteiger partial charge in [0.2, 0.25) is 0 Å². The third-order valence-electron chi connectivity index (χ3n) is 3.83. The Kier molecular flexibility index (Phi) is 4.90. The van der Waals surface area contributed by atoms with Gasteiger partial charge in [0, 0.05) is 6.04 Å². The first-order valence-corrected chi connectivity index (χ1v) is 7.21. The molecule has 2 rings (SSSR count). The highest BCUT2D eigenvalue weighted by Gasteiger charge is 2.26. The van der Waals surface area contributed by atoms with Gasteiger partial charge in [0.25, 0.3) is 0 Å². The van der Waals surface area contributed by atoms with Crippen LogP contribution in [0.5, 0.6) is 5.75 Å². The molecular weight excluding hydrogens is 246 g/mol. The summed E-state index contributed by atoms with van der Waals surface area (Å²) in [6, 6.07) is 6.58. The monoisotopic (exact) mass is 267 g/mol. The zero-order valence-electron chi connectivity index (χ0n) is 11.2. The van der Waals surface area contributed by atoms with Gasteiger partial charge in [-0.1, -0.05) is 37.4 Å². The summed E-state index contributed by atoms with van der Waals surface area (Å²) in [6.07, 6.45) is 5.36. The molecule has 0 aliphatic heterocycles. The van der Waals surface area contributed by atoms with Gasteiger partial charge in [-0.15, -0.1) is 0 Å². The van der Waals surface area contributed by atoms with E-state index in [0.717, 1.165) is 18.2 Å². The Morgan fingerprint density at radius 2 is 2.11 bits per heavy atom. The van der Waals surface area contributed by atoms with Gasteiger partial charge < -0.3 is 10.1 Å². The van der Waals surface area contributed by atoms with E-state index in [9.17, 15) is 0 Å². The van der Waals surface area contributed by atoms with Gasteiger partial charge in [-0.2, -0.15) is 0 Å². The summed E-state index contributed by atoms with van der Waals surface area (Å²) >= 11 is 6.23. The maximum atomic E-state index is 6.23. The van der Waals surface area contributed by atoms with Crippen molar-refractivity contribution in [2.24, 2.45) is 5.92 Å². The number of rotatable bonds is 5. The molecule has 100 valence electrons. The Labute approximate surface area is 115 Å². The maximum Gasteiger partial charge on any atom is 0.137 e. The molecule has 0 spiro atoms. The summed E-state index contributed by atoms with van der Waals surface area (Å²) in [6.45, 7) is 3.15. The first kappa shape index (κ1) is 13.7. The van der Waals surface area contributed by atoms with Crippen molar-refractivity contribution in [3.8, 4) is 5.75 Å². The molecule has 1 N–H and O–H groups in total. The largest absolute Gasteiger partial charge is 0.495 e. The van der Waals surface area contributed by atoms with E-state index in [2.05, 4.69) is 18.3 Å². The number of methoxy groups -OCH3 is 1. The molecule has 1 aliphatic carbocycles. The van der Waals surface area contributed by atoms with E-state index in [-0.39, 0.29) is 0 Å². The van der Waals surface area contributed by atoms with E-state index < -0.39 is 0 Å². The molecule has 1 aromatic carbocycles. The smallest absolute Gasteiger partial charge is 0.137 e. The van der Waals surface area contributed by atoms with Gasteiger partial charge in [-0.05, 0) is 43.0 Å². The van der Waals surface area contributed by atoms with Crippen LogP contribution in [0.1, 0.15) is 44.2 Å². The molecule has 2 nitrogen and oxygen atoms in total. The summed E-state index contributed by atoms with van der Waals surface area (Å²) in [5, 5.41) is 4.31. The van der Waals surface area contributed by atoms with Crippen molar-refractivity contribution in [3.05, 3.63) is 28.8 Å². The lowest BCUT2D eigenvalue weighted by molar-refractivity contribution is 0.373. The molecule has 0 radical (unpaired) electrons. The molecule has 1 unspecified atom stereocenters. The lowest BCUT2D eigenvalue weighted by atomic mass is 9.91. The molecule has 0 bridgehead atoms. The Morgan fingerprint density at radius 1 is 1.39 bits per heavy atom. The molecule has 1 saturated carbocycles. The summed E-state index contributed by atoms with van der Waals surface area (Å²) in [5.41, 5.74) is 1.29. The summed E-state index contributed by atoms with van der Waals surface area (Å²) in [5.74, 6) is 1.50. The standard InChI is InChI=1S/C15H22ClNO/c1-3-17-15(11-6-4-5-7-11)12-8-9-14(18-2)13(16)10-12/h8-11,15,17H,3-7H2,1-2H3.